The van der Waals surface area contributed by atoms with Gasteiger partial charge >= 0.3 is 0 Å². The molecule has 0 saturated carbocycles. The van der Waals surface area contributed by atoms with E-state index in [2.05, 4.69) is 0 Å². The zero-order valence-electron chi connectivity index (χ0n) is 12.9. The van der Waals surface area contributed by atoms with Gasteiger partial charge in [-0.3, -0.25) is 10.1 Å². The van der Waals surface area contributed by atoms with Gasteiger partial charge in [-0.1, -0.05) is 23.7 Å². The van der Waals surface area contributed by atoms with Gasteiger partial charge in [-0.25, -0.2) is 0 Å². The van der Waals surface area contributed by atoms with E-state index in [1.165, 1.54) is 32.4 Å². The highest BCUT2D eigenvalue weighted by Crippen LogP contribution is 2.37. The number of nitriles is 1. The Bertz CT molecular complexity index is 856. The maximum Gasteiger partial charge on any atom is 0.270 e. The van der Waals surface area contributed by atoms with Crippen LogP contribution in [0.5, 0.6) is 11.5 Å². The van der Waals surface area contributed by atoms with Crippen molar-refractivity contribution >= 4 is 28.9 Å². The predicted octanol–water partition coefficient (Wildman–Crippen LogP) is 4.33. The summed E-state index contributed by atoms with van der Waals surface area (Å²) in [5.74, 6) is 0.817. The first-order valence-electron chi connectivity index (χ1n) is 6.78. The minimum absolute atomic E-state index is 0.0843. The standard InChI is InChI=1S/C17H13ClN2O4/c1-23-16-8-11(7-15(18)17(16)24-2)6-13(10-19)12-4-3-5-14(9-12)20(21)22/h3-9H,1-2H3/b13-6-. The van der Waals surface area contributed by atoms with Gasteiger partial charge in [0.05, 0.1) is 35.8 Å². The summed E-state index contributed by atoms with van der Waals surface area (Å²) in [7, 11) is 2.95. The lowest BCUT2D eigenvalue weighted by atomic mass is 10.0. The van der Waals surface area contributed by atoms with Crippen LogP contribution in [0.4, 0.5) is 5.69 Å². The Morgan fingerprint density at radius 1 is 1.29 bits per heavy atom. The third-order valence-corrected chi connectivity index (χ3v) is 3.54. The largest absolute Gasteiger partial charge is 0.493 e. The number of halogens is 1. The van der Waals surface area contributed by atoms with Gasteiger partial charge in [0.15, 0.2) is 11.5 Å². The molecule has 24 heavy (non-hydrogen) atoms. The van der Waals surface area contributed by atoms with Gasteiger partial charge in [-0.2, -0.15) is 5.26 Å². The first-order valence-corrected chi connectivity index (χ1v) is 7.16. The molecular weight excluding hydrogens is 332 g/mol. The molecule has 0 N–H and O–H groups in total. The number of nitro groups is 1. The summed E-state index contributed by atoms with van der Waals surface area (Å²) < 4.78 is 10.4. The molecule has 0 aliphatic heterocycles. The van der Waals surface area contributed by atoms with Crippen molar-refractivity contribution in [3.8, 4) is 17.6 Å². The number of methoxy groups -OCH3 is 2. The molecule has 0 aromatic heterocycles. The van der Waals surface area contributed by atoms with E-state index in [1.807, 2.05) is 6.07 Å². The van der Waals surface area contributed by atoms with Crippen LogP contribution < -0.4 is 9.47 Å². The van der Waals surface area contributed by atoms with E-state index in [0.717, 1.165) is 0 Å². The summed E-state index contributed by atoms with van der Waals surface area (Å²) in [5, 5.41) is 20.6. The van der Waals surface area contributed by atoms with Gasteiger partial charge in [0.2, 0.25) is 0 Å². The lowest BCUT2D eigenvalue weighted by Crippen LogP contribution is -1.93. The Morgan fingerprint density at radius 3 is 2.62 bits per heavy atom. The zero-order valence-corrected chi connectivity index (χ0v) is 13.7. The summed E-state index contributed by atoms with van der Waals surface area (Å²) in [4.78, 5) is 10.4. The molecule has 0 fully saturated rings. The van der Waals surface area contributed by atoms with Crippen LogP contribution in [-0.4, -0.2) is 19.1 Å². The Balaban J connectivity index is 2.52. The van der Waals surface area contributed by atoms with Gasteiger partial charge in [-0.15, -0.1) is 0 Å². The van der Waals surface area contributed by atoms with E-state index in [1.54, 1.807) is 24.3 Å². The van der Waals surface area contributed by atoms with Crippen molar-refractivity contribution in [1.29, 1.82) is 5.26 Å². The maximum absolute atomic E-state index is 10.9. The van der Waals surface area contributed by atoms with Crippen molar-refractivity contribution in [2.75, 3.05) is 14.2 Å². The van der Waals surface area contributed by atoms with E-state index >= 15 is 0 Å². The Hall–Kier alpha value is -3.04. The Kier molecular flexibility index (Phi) is 5.40. The van der Waals surface area contributed by atoms with Gasteiger partial charge < -0.3 is 9.47 Å². The van der Waals surface area contributed by atoms with Crippen molar-refractivity contribution in [2.45, 2.75) is 0 Å². The van der Waals surface area contributed by atoms with Crippen molar-refractivity contribution in [1.82, 2.24) is 0 Å². The average molecular weight is 345 g/mol. The van der Waals surface area contributed by atoms with E-state index in [9.17, 15) is 15.4 Å². The molecule has 0 aliphatic rings. The Labute approximate surface area is 143 Å². The van der Waals surface area contributed by atoms with Crippen LogP contribution in [0.2, 0.25) is 5.02 Å². The highest BCUT2D eigenvalue weighted by atomic mass is 35.5. The van der Waals surface area contributed by atoms with Crippen molar-refractivity contribution in [2.24, 2.45) is 0 Å². The molecule has 0 radical (unpaired) electrons. The second kappa shape index (κ2) is 7.49. The molecule has 7 heteroatoms. The predicted molar refractivity (Wildman–Crippen MR) is 91.1 cm³/mol. The molecule has 0 atom stereocenters. The van der Waals surface area contributed by atoms with Gasteiger partial charge in [0.25, 0.3) is 5.69 Å². The highest BCUT2D eigenvalue weighted by molar-refractivity contribution is 6.32. The van der Waals surface area contributed by atoms with Crippen LogP contribution in [0, 0.1) is 21.4 Å². The third kappa shape index (κ3) is 3.65. The van der Waals surface area contributed by atoms with Crippen molar-refractivity contribution in [3.05, 3.63) is 62.7 Å². The van der Waals surface area contributed by atoms with Crippen LogP contribution in [-0.2, 0) is 0 Å². The number of ether oxygens (including phenoxy) is 2. The first kappa shape index (κ1) is 17.3. The maximum atomic E-state index is 10.9. The number of benzene rings is 2. The molecule has 0 bridgehead atoms. The van der Waals surface area contributed by atoms with Crippen LogP contribution in [0.3, 0.4) is 0 Å². The zero-order chi connectivity index (χ0) is 17.7. The molecule has 0 aliphatic carbocycles. The van der Waals surface area contributed by atoms with Gasteiger partial charge in [0.1, 0.15) is 0 Å². The highest BCUT2D eigenvalue weighted by Gasteiger charge is 2.12. The molecule has 0 saturated heterocycles. The number of nitrogens with zero attached hydrogens (tertiary/aromatic N) is 2. The normalized spacial score (nSPS) is 10.8. The van der Waals surface area contributed by atoms with Crippen LogP contribution >= 0.6 is 11.6 Å². The second-order valence-corrected chi connectivity index (χ2v) is 5.12. The molecule has 122 valence electrons. The van der Waals surface area contributed by atoms with Crippen molar-refractivity contribution in [3.63, 3.8) is 0 Å². The monoisotopic (exact) mass is 344 g/mol. The lowest BCUT2D eigenvalue weighted by Gasteiger charge is -2.10. The number of hydrogen-bond donors (Lipinski definition) is 0. The van der Waals surface area contributed by atoms with Crippen LogP contribution in [0.15, 0.2) is 36.4 Å². The fraction of sp³-hybridized carbons (Fsp3) is 0.118. The second-order valence-electron chi connectivity index (χ2n) is 4.72. The van der Waals surface area contributed by atoms with Crippen molar-refractivity contribution < 1.29 is 14.4 Å². The SMILES string of the molecule is COc1cc(/C=C(/C#N)c2cccc([N+](=O)[O-])c2)cc(Cl)c1OC. The molecule has 0 spiro atoms. The van der Waals surface area contributed by atoms with Crippen LogP contribution in [0.1, 0.15) is 11.1 Å². The number of hydrogen-bond acceptors (Lipinski definition) is 5. The molecule has 0 amide bonds. The number of allylic oxidation sites excluding steroid dienone is 1. The average Bonchev–Trinajstić information content (AvgIpc) is 2.59. The lowest BCUT2D eigenvalue weighted by molar-refractivity contribution is -0.384. The molecule has 2 rings (SSSR count). The fourth-order valence-electron chi connectivity index (χ4n) is 2.16. The number of nitro benzene ring substituents is 1. The summed E-state index contributed by atoms with van der Waals surface area (Å²) in [6, 6.07) is 11.2. The number of rotatable bonds is 5. The summed E-state index contributed by atoms with van der Waals surface area (Å²) in [6.45, 7) is 0. The molecule has 6 nitrogen and oxygen atoms in total. The summed E-state index contributed by atoms with van der Waals surface area (Å²) in [6.07, 6.45) is 1.58. The van der Waals surface area contributed by atoms with E-state index in [4.69, 9.17) is 21.1 Å². The number of non-ortho nitro benzene ring substituents is 1. The minimum Gasteiger partial charge on any atom is -0.493 e. The van der Waals surface area contributed by atoms with Crippen LogP contribution in [0.25, 0.3) is 11.6 Å². The van der Waals surface area contributed by atoms with E-state index < -0.39 is 4.92 Å². The quantitative estimate of drug-likeness (QED) is 0.349. The Morgan fingerprint density at radius 2 is 2.04 bits per heavy atom. The van der Waals surface area contributed by atoms with E-state index in [-0.39, 0.29) is 11.3 Å². The van der Waals surface area contributed by atoms with Gasteiger partial charge in [-0.05, 0) is 29.3 Å². The molecule has 0 unspecified atom stereocenters. The molecular formula is C17H13ClN2O4. The summed E-state index contributed by atoms with van der Waals surface area (Å²) >= 11 is 6.15. The summed E-state index contributed by atoms with van der Waals surface area (Å²) in [5.41, 5.74) is 1.24. The molecule has 0 heterocycles. The van der Waals surface area contributed by atoms with E-state index in [0.29, 0.717) is 27.6 Å². The first-order chi connectivity index (χ1) is 11.5. The molecule has 2 aromatic carbocycles. The smallest absolute Gasteiger partial charge is 0.270 e. The topological polar surface area (TPSA) is 85.4 Å². The fourth-order valence-corrected chi connectivity index (χ4v) is 2.45. The minimum atomic E-state index is -0.508. The molecule has 2 aromatic rings. The third-order valence-electron chi connectivity index (χ3n) is 3.26. The van der Waals surface area contributed by atoms with Gasteiger partial charge in [0, 0.05) is 12.1 Å².